The molecule has 0 aliphatic carbocycles. The minimum atomic E-state index is 0.758. The van der Waals surface area contributed by atoms with Crippen LogP contribution in [0.25, 0.3) is 10.8 Å². The first-order valence-electron chi connectivity index (χ1n) is 10.8. The average molecular weight is 373 g/mol. The van der Waals surface area contributed by atoms with E-state index in [1.165, 1.54) is 60.8 Å². The van der Waals surface area contributed by atoms with E-state index >= 15 is 0 Å². The van der Waals surface area contributed by atoms with Crippen LogP contribution in [0.3, 0.4) is 0 Å². The zero-order valence-corrected chi connectivity index (χ0v) is 16.8. The summed E-state index contributed by atoms with van der Waals surface area (Å²) in [4.78, 5) is 2.68. The Labute approximate surface area is 169 Å². The summed E-state index contributed by atoms with van der Waals surface area (Å²) in [6.45, 7) is 5.75. The van der Waals surface area contributed by atoms with Gasteiger partial charge in [0, 0.05) is 19.6 Å². The van der Waals surface area contributed by atoms with Crippen LogP contribution in [0.2, 0.25) is 0 Å². The van der Waals surface area contributed by atoms with Crippen molar-refractivity contribution in [2.75, 3.05) is 26.2 Å². The Kier molecular flexibility index (Phi) is 6.75. The molecule has 2 nitrogen and oxygen atoms in total. The average Bonchev–Trinajstić information content (AvgIpc) is 2.98. The second-order valence-corrected chi connectivity index (χ2v) is 8.17. The molecule has 1 aliphatic heterocycles. The first kappa shape index (κ1) is 19.2. The van der Waals surface area contributed by atoms with Crippen molar-refractivity contribution in [3.63, 3.8) is 0 Å². The summed E-state index contributed by atoms with van der Waals surface area (Å²) < 4.78 is 0. The molecule has 146 valence electrons. The summed E-state index contributed by atoms with van der Waals surface area (Å²) in [6.07, 6.45) is 5.22. The second-order valence-electron chi connectivity index (χ2n) is 8.17. The van der Waals surface area contributed by atoms with Crippen LogP contribution in [0.1, 0.15) is 30.4 Å². The fraction of sp³-hybridized carbons (Fsp3) is 0.385. The van der Waals surface area contributed by atoms with Crippen molar-refractivity contribution in [1.82, 2.24) is 10.2 Å². The molecule has 0 aromatic heterocycles. The Balaban J connectivity index is 1.28. The lowest BCUT2D eigenvalue weighted by molar-refractivity contribution is 0.248. The number of rotatable bonds is 7. The summed E-state index contributed by atoms with van der Waals surface area (Å²) in [5.41, 5.74) is 2.87. The number of nitrogens with one attached hydrogen (secondary N) is 1. The molecule has 3 aromatic carbocycles. The van der Waals surface area contributed by atoms with E-state index in [-0.39, 0.29) is 0 Å². The predicted octanol–water partition coefficient (Wildman–Crippen LogP) is 5.27. The Bertz CT molecular complexity index is 853. The molecule has 1 N–H and O–H groups in total. The Morgan fingerprint density at radius 1 is 0.857 bits per heavy atom. The van der Waals surface area contributed by atoms with E-state index in [1.54, 1.807) is 0 Å². The fourth-order valence-electron chi connectivity index (χ4n) is 4.48. The van der Waals surface area contributed by atoms with Crippen LogP contribution in [-0.4, -0.2) is 31.1 Å². The first-order valence-corrected chi connectivity index (χ1v) is 10.8. The maximum absolute atomic E-state index is 3.76. The van der Waals surface area contributed by atoms with Crippen LogP contribution in [-0.2, 0) is 13.0 Å². The molecule has 0 spiro atoms. The molecule has 0 radical (unpaired) electrons. The molecule has 1 aliphatic rings. The van der Waals surface area contributed by atoms with Gasteiger partial charge in [-0.2, -0.15) is 0 Å². The zero-order valence-electron chi connectivity index (χ0n) is 16.8. The van der Waals surface area contributed by atoms with Gasteiger partial charge in [-0.05, 0) is 60.2 Å². The van der Waals surface area contributed by atoms with Gasteiger partial charge in [0.15, 0.2) is 0 Å². The van der Waals surface area contributed by atoms with Gasteiger partial charge in [-0.25, -0.2) is 0 Å². The number of nitrogens with zero attached hydrogens (tertiary/aromatic N) is 1. The smallest absolute Gasteiger partial charge is 0.0211 e. The van der Waals surface area contributed by atoms with E-state index in [1.807, 2.05) is 0 Å². The summed E-state index contributed by atoms with van der Waals surface area (Å²) in [5, 5.41) is 6.47. The monoisotopic (exact) mass is 372 g/mol. The highest BCUT2D eigenvalue weighted by Crippen LogP contribution is 2.19. The van der Waals surface area contributed by atoms with Crippen molar-refractivity contribution in [2.24, 2.45) is 5.92 Å². The summed E-state index contributed by atoms with van der Waals surface area (Å²) in [5.74, 6) is 0.758. The van der Waals surface area contributed by atoms with Crippen molar-refractivity contribution in [2.45, 2.75) is 32.2 Å². The van der Waals surface area contributed by atoms with Gasteiger partial charge in [-0.15, -0.1) is 0 Å². The third-order valence-electron chi connectivity index (χ3n) is 6.04. The number of likely N-dealkylation sites (tertiary alicyclic amines) is 1. The lowest BCUT2D eigenvalue weighted by Crippen LogP contribution is -2.34. The summed E-state index contributed by atoms with van der Waals surface area (Å²) in [6, 6.07) is 26.2. The highest BCUT2D eigenvalue weighted by Gasteiger charge is 2.17. The van der Waals surface area contributed by atoms with Gasteiger partial charge in [0.2, 0.25) is 0 Å². The van der Waals surface area contributed by atoms with Gasteiger partial charge >= 0.3 is 0 Å². The molecule has 3 aromatic rings. The van der Waals surface area contributed by atoms with Crippen molar-refractivity contribution in [3.05, 3.63) is 83.9 Å². The molecular weight excluding hydrogens is 340 g/mol. The van der Waals surface area contributed by atoms with Gasteiger partial charge in [0.05, 0.1) is 0 Å². The van der Waals surface area contributed by atoms with Gasteiger partial charge < -0.3 is 10.2 Å². The largest absolute Gasteiger partial charge is 0.312 e. The Morgan fingerprint density at radius 2 is 1.68 bits per heavy atom. The lowest BCUT2D eigenvalue weighted by Gasteiger charge is -2.24. The van der Waals surface area contributed by atoms with Crippen LogP contribution >= 0.6 is 0 Å². The van der Waals surface area contributed by atoms with Crippen LogP contribution in [0.4, 0.5) is 0 Å². The van der Waals surface area contributed by atoms with E-state index < -0.39 is 0 Å². The van der Waals surface area contributed by atoms with Crippen LogP contribution in [0, 0.1) is 5.92 Å². The maximum atomic E-state index is 3.76. The highest BCUT2D eigenvalue weighted by molar-refractivity contribution is 5.85. The van der Waals surface area contributed by atoms with Crippen molar-refractivity contribution in [3.8, 4) is 0 Å². The fourth-order valence-corrected chi connectivity index (χ4v) is 4.48. The van der Waals surface area contributed by atoms with Crippen LogP contribution in [0.15, 0.2) is 72.8 Å². The minimum Gasteiger partial charge on any atom is -0.312 e. The molecule has 1 saturated heterocycles. The molecule has 1 fully saturated rings. The maximum Gasteiger partial charge on any atom is 0.0211 e. The summed E-state index contributed by atoms with van der Waals surface area (Å²) >= 11 is 0. The van der Waals surface area contributed by atoms with E-state index in [2.05, 4.69) is 83.0 Å². The van der Waals surface area contributed by atoms with E-state index in [0.717, 1.165) is 25.4 Å². The number of hydrogen-bond acceptors (Lipinski definition) is 2. The summed E-state index contributed by atoms with van der Waals surface area (Å²) in [7, 11) is 0. The minimum absolute atomic E-state index is 0.758. The number of benzene rings is 3. The predicted molar refractivity (Wildman–Crippen MR) is 120 cm³/mol. The first-order chi connectivity index (χ1) is 13.9. The van der Waals surface area contributed by atoms with Gasteiger partial charge in [0.1, 0.15) is 0 Å². The molecule has 0 amide bonds. The van der Waals surface area contributed by atoms with Crippen molar-refractivity contribution < 1.29 is 0 Å². The van der Waals surface area contributed by atoms with Gasteiger partial charge in [-0.3, -0.25) is 0 Å². The molecule has 1 heterocycles. The molecule has 28 heavy (non-hydrogen) atoms. The van der Waals surface area contributed by atoms with E-state index in [9.17, 15) is 0 Å². The third-order valence-corrected chi connectivity index (χ3v) is 6.04. The van der Waals surface area contributed by atoms with Crippen LogP contribution < -0.4 is 5.32 Å². The Morgan fingerprint density at radius 3 is 2.61 bits per heavy atom. The standard InChI is InChI=1S/C26H32N2/c1-2-9-22(10-3-1)16-18-28-17-7-6-11-23(21-28)19-27-20-25-14-8-13-24-12-4-5-15-26(24)25/h1-5,8-10,12-15,23,27H,6-7,11,16-21H2. The molecule has 4 rings (SSSR count). The second kappa shape index (κ2) is 9.86. The quantitative estimate of drug-likeness (QED) is 0.607. The Hall–Kier alpha value is -2.16. The molecule has 0 bridgehead atoms. The van der Waals surface area contributed by atoms with E-state index in [4.69, 9.17) is 0 Å². The van der Waals surface area contributed by atoms with Gasteiger partial charge in [-0.1, -0.05) is 79.2 Å². The normalized spacial score (nSPS) is 18.2. The third kappa shape index (κ3) is 5.21. The van der Waals surface area contributed by atoms with Gasteiger partial charge in [0.25, 0.3) is 0 Å². The number of hydrogen-bond donors (Lipinski definition) is 1. The molecular formula is C26H32N2. The number of fused-ring (bicyclic) bond motifs is 1. The van der Waals surface area contributed by atoms with Crippen molar-refractivity contribution in [1.29, 1.82) is 0 Å². The topological polar surface area (TPSA) is 15.3 Å². The molecule has 2 heteroatoms. The highest BCUT2D eigenvalue weighted by atomic mass is 15.1. The lowest BCUT2D eigenvalue weighted by atomic mass is 10.0. The molecule has 1 atom stereocenters. The van der Waals surface area contributed by atoms with Crippen molar-refractivity contribution >= 4 is 10.8 Å². The molecule has 1 unspecified atom stereocenters. The van der Waals surface area contributed by atoms with E-state index in [0.29, 0.717) is 0 Å². The zero-order chi connectivity index (χ0) is 19.0. The van der Waals surface area contributed by atoms with Crippen LogP contribution in [0.5, 0.6) is 0 Å². The SMILES string of the molecule is c1ccc(CCN2CCCCC(CNCc3cccc4ccccc34)C2)cc1. The molecule has 0 saturated carbocycles.